The summed E-state index contributed by atoms with van der Waals surface area (Å²) in [6.07, 6.45) is 1.18. The van der Waals surface area contributed by atoms with Crippen LogP contribution >= 0.6 is 0 Å². The SMILES string of the molecule is CC1CCN(C(C)c2ccc(O)cc2F)C1. The summed E-state index contributed by atoms with van der Waals surface area (Å²) in [5, 5.41) is 9.17. The van der Waals surface area contributed by atoms with Crippen molar-refractivity contribution in [1.29, 1.82) is 0 Å². The van der Waals surface area contributed by atoms with Crippen LogP contribution in [0.15, 0.2) is 18.2 Å². The van der Waals surface area contributed by atoms with Gasteiger partial charge < -0.3 is 5.11 Å². The van der Waals surface area contributed by atoms with Gasteiger partial charge in [0, 0.05) is 24.2 Å². The first-order valence-corrected chi connectivity index (χ1v) is 5.80. The summed E-state index contributed by atoms with van der Waals surface area (Å²) in [6, 6.07) is 4.50. The summed E-state index contributed by atoms with van der Waals surface area (Å²) >= 11 is 0. The first-order valence-electron chi connectivity index (χ1n) is 5.80. The lowest BCUT2D eigenvalue weighted by Gasteiger charge is -2.24. The van der Waals surface area contributed by atoms with Crippen LogP contribution in [0.4, 0.5) is 4.39 Å². The molecule has 1 heterocycles. The van der Waals surface area contributed by atoms with Gasteiger partial charge in [0.2, 0.25) is 0 Å². The molecule has 2 rings (SSSR count). The molecule has 3 heteroatoms. The molecular weight excluding hydrogens is 205 g/mol. The van der Waals surface area contributed by atoms with Crippen LogP contribution in [0.1, 0.15) is 31.9 Å². The van der Waals surface area contributed by atoms with Crippen molar-refractivity contribution in [1.82, 2.24) is 4.90 Å². The van der Waals surface area contributed by atoms with Crippen molar-refractivity contribution in [2.24, 2.45) is 5.92 Å². The lowest BCUT2D eigenvalue weighted by molar-refractivity contribution is 0.249. The Morgan fingerprint density at radius 3 is 2.81 bits per heavy atom. The van der Waals surface area contributed by atoms with E-state index >= 15 is 0 Å². The highest BCUT2D eigenvalue weighted by molar-refractivity contribution is 5.29. The lowest BCUT2D eigenvalue weighted by Crippen LogP contribution is -2.24. The van der Waals surface area contributed by atoms with Gasteiger partial charge in [0.15, 0.2) is 0 Å². The van der Waals surface area contributed by atoms with Crippen LogP contribution in [-0.4, -0.2) is 23.1 Å². The van der Waals surface area contributed by atoms with Crippen molar-refractivity contribution in [3.63, 3.8) is 0 Å². The monoisotopic (exact) mass is 223 g/mol. The van der Waals surface area contributed by atoms with E-state index < -0.39 is 0 Å². The number of phenolic OH excluding ortho intramolecular Hbond substituents is 1. The third-order valence-corrected chi connectivity index (χ3v) is 3.44. The van der Waals surface area contributed by atoms with Gasteiger partial charge in [0.05, 0.1) is 0 Å². The molecule has 16 heavy (non-hydrogen) atoms. The van der Waals surface area contributed by atoms with Crippen molar-refractivity contribution in [2.75, 3.05) is 13.1 Å². The lowest BCUT2D eigenvalue weighted by atomic mass is 10.1. The fourth-order valence-corrected chi connectivity index (χ4v) is 2.37. The van der Waals surface area contributed by atoms with Gasteiger partial charge >= 0.3 is 0 Å². The first-order chi connectivity index (χ1) is 7.58. The van der Waals surface area contributed by atoms with Gasteiger partial charge in [-0.2, -0.15) is 0 Å². The van der Waals surface area contributed by atoms with Crippen LogP contribution in [0.25, 0.3) is 0 Å². The molecule has 0 spiro atoms. The minimum absolute atomic E-state index is 0.0109. The van der Waals surface area contributed by atoms with Crippen molar-refractivity contribution < 1.29 is 9.50 Å². The van der Waals surface area contributed by atoms with Gasteiger partial charge in [-0.3, -0.25) is 4.90 Å². The molecule has 0 aromatic heterocycles. The number of rotatable bonds is 2. The number of hydrogen-bond donors (Lipinski definition) is 1. The van der Waals surface area contributed by atoms with Gasteiger partial charge in [-0.25, -0.2) is 4.39 Å². The molecule has 0 aliphatic carbocycles. The Bertz CT molecular complexity index is 380. The van der Waals surface area contributed by atoms with Crippen molar-refractivity contribution in [3.8, 4) is 5.75 Å². The zero-order chi connectivity index (χ0) is 11.7. The fraction of sp³-hybridized carbons (Fsp3) is 0.538. The number of nitrogens with zero attached hydrogens (tertiary/aromatic N) is 1. The predicted molar refractivity (Wildman–Crippen MR) is 61.8 cm³/mol. The van der Waals surface area contributed by atoms with E-state index in [2.05, 4.69) is 11.8 Å². The van der Waals surface area contributed by atoms with Crippen LogP contribution in [0.5, 0.6) is 5.75 Å². The molecule has 88 valence electrons. The van der Waals surface area contributed by atoms with Gasteiger partial charge in [-0.15, -0.1) is 0 Å². The molecule has 2 unspecified atom stereocenters. The average molecular weight is 223 g/mol. The number of aromatic hydroxyl groups is 1. The molecule has 0 radical (unpaired) electrons. The van der Waals surface area contributed by atoms with E-state index in [1.54, 1.807) is 12.1 Å². The third-order valence-electron chi connectivity index (χ3n) is 3.44. The largest absolute Gasteiger partial charge is 0.508 e. The number of halogens is 1. The number of likely N-dealkylation sites (tertiary alicyclic amines) is 1. The van der Waals surface area contributed by atoms with Crippen molar-refractivity contribution in [3.05, 3.63) is 29.6 Å². The van der Waals surface area contributed by atoms with Crippen LogP contribution < -0.4 is 0 Å². The minimum atomic E-state index is -0.313. The maximum Gasteiger partial charge on any atom is 0.131 e. The van der Waals surface area contributed by atoms with E-state index in [1.807, 2.05) is 6.92 Å². The Kier molecular flexibility index (Phi) is 3.15. The standard InChI is InChI=1S/C13H18FNO/c1-9-5-6-15(8-9)10(2)12-4-3-11(16)7-13(12)14/h3-4,7,9-10,16H,5-6,8H2,1-2H3. The van der Waals surface area contributed by atoms with Crippen LogP contribution in [-0.2, 0) is 0 Å². The molecule has 1 aromatic rings. The Hall–Kier alpha value is -1.09. The maximum atomic E-state index is 13.7. The Balaban J connectivity index is 2.17. The normalized spacial score (nSPS) is 23.6. The van der Waals surface area contributed by atoms with E-state index in [0.29, 0.717) is 11.5 Å². The van der Waals surface area contributed by atoms with Gasteiger partial charge in [-0.05, 0) is 31.9 Å². The smallest absolute Gasteiger partial charge is 0.131 e. The predicted octanol–water partition coefficient (Wildman–Crippen LogP) is 2.93. The number of hydrogen-bond acceptors (Lipinski definition) is 2. The first kappa shape index (κ1) is 11.4. The molecule has 1 aromatic carbocycles. The summed E-state index contributed by atoms with van der Waals surface area (Å²) in [5.41, 5.74) is 0.673. The molecule has 1 saturated heterocycles. The van der Waals surface area contributed by atoms with E-state index in [1.165, 1.54) is 12.5 Å². The van der Waals surface area contributed by atoms with Gasteiger partial charge in [-0.1, -0.05) is 13.0 Å². The van der Waals surface area contributed by atoms with Crippen LogP contribution in [0.3, 0.4) is 0 Å². The molecule has 1 fully saturated rings. The fourth-order valence-electron chi connectivity index (χ4n) is 2.37. The van der Waals surface area contributed by atoms with E-state index in [0.717, 1.165) is 13.1 Å². The molecule has 1 aliphatic rings. The topological polar surface area (TPSA) is 23.5 Å². The highest BCUT2D eigenvalue weighted by atomic mass is 19.1. The molecule has 0 bridgehead atoms. The van der Waals surface area contributed by atoms with E-state index in [-0.39, 0.29) is 17.6 Å². The molecule has 2 nitrogen and oxygen atoms in total. The second-order valence-electron chi connectivity index (χ2n) is 4.77. The Morgan fingerprint density at radius 1 is 1.50 bits per heavy atom. The van der Waals surface area contributed by atoms with Crippen molar-refractivity contribution in [2.45, 2.75) is 26.3 Å². The molecular formula is C13H18FNO. The average Bonchev–Trinajstić information content (AvgIpc) is 2.64. The van der Waals surface area contributed by atoms with E-state index in [9.17, 15) is 9.50 Å². The second kappa shape index (κ2) is 4.42. The summed E-state index contributed by atoms with van der Waals surface area (Å²) in [7, 11) is 0. The summed E-state index contributed by atoms with van der Waals surface area (Å²) in [4.78, 5) is 2.29. The highest BCUT2D eigenvalue weighted by Crippen LogP contribution is 2.29. The Morgan fingerprint density at radius 2 is 2.25 bits per heavy atom. The van der Waals surface area contributed by atoms with Crippen LogP contribution in [0, 0.1) is 11.7 Å². The number of phenols is 1. The molecule has 0 amide bonds. The maximum absolute atomic E-state index is 13.7. The highest BCUT2D eigenvalue weighted by Gasteiger charge is 2.25. The minimum Gasteiger partial charge on any atom is -0.508 e. The van der Waals surface area contributed by atoms with Gasteiger partial charge in [0.1, 0.15) is 11.6 Å². The summed E-state index contributed by atoms with van der Waals surface area (Å²) in [5.74, 6) is 0.373. The molecule has 1 N–H and O–H groups in total. The van der Waals surface area contributed by atoms with Crippen molar-refractivity contribution >= 4 is 0 Å². The quantitative estimate of drug-likeness (QED) is 0.833. The van der Waals surface area contributed by atoms with E-state index in [4.69, 9.17) is 0 Å². The zero-order valence-electron chi connectivity index (χ0n) is 9.78. The van der Waals surface area contributed by atoms with Crippen LogP contribution in [0.2, 0.25) is 0 Å². The molecule has 2 atom stereocenters. The molecule has 1 aliphatic heterocycles. The second-order valence-corrected chi connectivity index (χ2v) is 4.77. The number of benzene rings is 1. The van der Waals surface area contributed by atoms with Gasteiger partial charge in [0.25, 0.3) is 0 Å². The summed E-state index contributed by atoms with van der Waals surface area (Å²) in [6.45, 7) is 6.30. The molecule has 0 saturated carbocycles. The zero-order valence-corrected chi connectivity index (χ0v) is 9.78. The Labute approximate surface area is 95.7 Å². The third kappa shape index (κ3) is 2.19. The summed E-state index contributed by atoms with van der Waals surface area (Å²) < 4.78 is 13.7.